The maximum absolute atomic E-state index is 12.5. The summed E-state index contributed by atoms with van der Waals surface area (Å²) >= 11 is 0. The number of amides is 2. The molecule has 148 valence electrons. The third-order valence-corrected chi connectivity index (χ3v) is 4.90. The molecule has 1 unspecified atom stereocenters. The number of aryl methyl sites for hydroxylation is 2. The first-order valence-corrected chi connectivity index (χ1v) is 9.24. The zero-order valence-electron chi connectivity index (χ0n) is 16.2. The maximum atomic E-state index is 12.5. The molecule has 27 heavy (non-hydrogen) atoms. The zero-order chi connectivity index (χ0) is 20.0. The van der Waals surface area contributed by atoms with Crippen molar-refractivity contribution in [3.05, 3.63) is 29.3 Å². The van der Waals surface area contributed by atoms with Crippen LogP contribution in [0, 0.1) is 13.8 Å². The van der Waals surface area contributed by atoms with Gasteiger partial charge in [0.05, 0.1) is 0 Å². The highest BCUT2D eigenvalue weighted by Gasteiger charge is 2.27. The number of rotatable bonds is 6. The van der Waals surface area contributed by atoms with Gasteiger partial charge in [0.25, 0.3) is 5.91 Å². The van der Waals surface area contributed by atoms with Gasteiger partial charge in [0.2, 0.25) is 5.91 Å². The minimum atomic E-state index is -1.02. The Balaban J connectivity index is 1.92. The van der Waals surface area contributed by atoms with Crippen LogP contribution in [0.15, 0.2) is 18.2 Å². The first-order valence-electron chi connectivity index (χ1n) is 9.24. The van der Waals surface area contributed by atoms with Crippen LogP contribution in [0.1, 0.15) is 37.3 Å². The summed E-state index contributed by atoms with van der Waals surface area (Å²) in [6.45, 7) is 6.04. The molecule has 1 aliphatic heterocycles. The fourth-order valence-electron chi connectivity index (χ4n) is 3.38. The Morgan fingerprint density at radius 3 is 2.63 bits per heavy atom. The fraction of sp³-hybridized carbons (Fsp3) is 0.550. The highest BCUT2D eigenvalue weighted by atomic mass is 16.5. The number of likely N-dealkylation sites (tertiary alicyclic amines) is 1. The van der Waals surface area contributed by atoms with Crippen molar-refractivity contribution in [1.82, 2.24) is 9.80 Å². The molecule has 0 saturated carbocycles. The van der Waals surface area contributed by atoms with Gasteiger partial charge in [0.1, 0.15) is 12.3 Å². The van der Waals surface area contributed by atoms with Gasteiger partial charge >= 0.3 is 5.97 Å². The molecule has 0 spiro atoms. The molecule has 1 aromatic rings. The molecule has 2 amide bonds. The number of nitrogens with zero attached hydrogens (tertiary/aromatic N) is 2. The lowest BCUT2D eigenvalue weighted by molar-refractivity contribution is -0.145. The first-order chi connectivity index (χ1) is 12.8. The smallest absolute Gasteiger partial charge is 0.323 e. The molecule has 7 nitrogen and oxygen atoms in total. The second-order valence-electron chi connectivity index (χ2n) is 7.06. The van der Waals surface area contributed by atoms with Gasteiger partial charge in [-0.3, -0.25) is 14.4 Å². The van der Waals surface area contributed by atoms with Gasteiger partial charge in [-0.25, -0.2) is 0 Å². The Morgan fingerprint density at radius 2 is 1.96 bits per heavy atom. The molecule has 1 aromatic carbocycles. The third-order valence-electron chi connectivity index (χ3n) is 4.90. The number of hydrogen-bond donors (Lipinski definition) is 1. The van der Waals surface area contributed by atoms with Crippen molar-refractivity contribution < 1.29 is 24.2 Å². The van der Waals surface area contributed by atoms with Crippen molar-refractivity contribution in [2.75, 3.05) is 26.2 Å². The molecule has 1 fully saturated rings. The summed E-state index contributed by atoms with van der Waals surface area (Å²) in [4.78, 5) is 38.5. The number of benzene rings is 1. The Hall–Kier alpha value is -2.57. The summed E-state index contributed by atoms with van der Waals surface area (Å²) < 4.78 is 5.71. The Labute approximate surface area is 159 Å². The van der Waals surface area contributed by atoms with Gasteiger partial charge in [-0.15, -0.1) is 0 Å². The molecule has 0 aliphatic carbocycles. The van der Waals surface area contributed by atoms with E-state index in [1.165, 1.54) is 11.8 Å². The highest BCUT2D eigenvalue weighted by molar-refractivity contribution is 5.80. The number of carboxylic acid groups (broad SMARTS) is 1. The molecule has 1 heterocycles. The first kappa shape index (κ1) is 20.7. The SMILES string of the molecule is CC(=O)N(CC(=O)O)C1CCCN(C(=O)COc2cc(C)ccc2C)CC1. The molecule has 1 N–H and O–H groups in total. The molecule has 7 heteroatoms. The van der Waals surface area contributed by atoms with Crippen LogP contribution < -0.4 is 4.74 Å². The van der Waals surface area contributed by atoms with Crippen molar-refractivity contribution >= 4 is 17.8 Å². The normalized spacial score (nSPS) is 17.1. The fourth-order valence-corrected chi connectivity index (χ4v) is 3.38. The Morgan fingerprint density at radius 1 is 1.22 bits per heavy atom. The minimum Gasteiger partial charge on any atom is -0.483 e. The average molecular weight is 376 g/mol. The van der Waals surface area contributed by atoms with Crippen LogP contribution in [0.25, 0.3) is 0 Å². The topological polar surface area (TPSA) is 87.2 Å². The van der Waals surface area contributed by atoms with E-state index in [1.54, 1.807) is 4.90 Å². The van der Waals surface area contributed by atoms with Crippen LogP contribution >= 0.6 is 0 Å². The van der Waals surface area contributed by atoms with Gasteiger partial charge in [-0.2, -0.15) is 0 Å². The predicted molar refractivity (Wildman–Crippen MR) is 101 cm³/mol. The quantitative estimate of drug-likeness (QED) is 0.820. The second-order valence-corrected chi connectivity index (χ2v) is 7.06. The van der Waals surface area contributed by atoms with Crippen LogP contribution in [0.3, 0.4) is 0 Å². The van der Waals surface area contributed by atoms with E-state index in [0.29, 0.717) is 31.7 Å². The molecule has 1 saturated heterocycles. The third kappa shape index (κ3) is 5.98. The summed E-state index contributed by atoms with van der Waals surface area (Å²) in [6.07, 6.45) is 1.99. The number of hydrogen-bond acceptors (Lipinski definition) is 4. The van der Waals surface area contributed by atoms with E-state index in [4.69, 9.17) is 9.84 Å². The summed E-state index contributed by atoms with van der Waals surface area (Å²) in [7, 11) is 0. The van der Waals surface area contributed by atoms with E-state index in [-0.39, 0.29) is 31.0 Å². The van der Waals surface area contributed by atoms with Gasteiger partial charge < -0.3 is 19.6 Å². The van der Waals surface area contributed by atoms with Gasteiger partial charge in [-0.05, 0) is 50.3 Å². The molecule has 0 radical (unpaired) electrons. The van der Waals surface area contributed by atoms with E-state index < -0.39 is 5.97 Å². The Kier molecular flexibility index (Phi) is 7.21. The van der Waals surface area contributed by atoms with Gasteiger partial charge in [0.15, 0.2) is 6.61 Å². The van der Waals surface area contributed by atoms with E-state index in [1.807, 2.05) is 32.0 Å². The summed E-state index contributed by atoms with van der Waals surface area (Å²) in [5.74, 6) is -0.658. The molecule has 2 rings (SSSR count). The van der Waals surface area contributed by atoms with Crippen LogP contribution in [0.4, 0.5) is 0 Å². The monoisotopic (exact) mass is 376 g/mol. The largest absolute Gasteiger partial charge is 0.483 e. The van der Waals surface area contributed by atoms with Crippen LogP contribution in [0.2, 0.25) is 0 Å². The number of carboxylic acids is 1. The molecular weight excluding hydrogens is 348 g/mol. The highest BCUT2D eigenvalue weighted by Crippen LogP contribution is 2.20. The van der Waals surface area contributed by atoms with Crippen molar-refractivity contribution in [2.24, 2.45) is 0 Å². The molecular formula is C20H28N2O5. The number of ether oxygens (including phenoxy) is 1. The van der Waals surface area contributed by atoms with Crippen molar-refractivity contribution in [3.8, 4) is 5.75 Å². The number of carbonyl (C=O) groups excluding carboxylic acids is 2. The van der Waals surface area contributed by atoms with Crippen molar-refractivity contribution in [2.45, 2.75) is 46.1 Å². The maximum Gasteiger partial charge on any atom is 0.323 e. The average Bonchev–Trinajstić information content (AvgIpc) is 2.86. The van der Waals surface area contributed by atoms with Crippen molar-refractivity contribution in [3.63, 3.8) is 0 Å². The lowest BCUT2D eigenvalue weighted by Gasteiger charge is -2.28. The predicted octanol–water partition coefficient (Wildman–Crippen LogP) is 2.00. The number of aliphatic carboxylic acids is 1. The molecule has 0 aromatic heterocycles. The lowest BCUT2D eigenvalue weighted by Crippen LogP contribution is -2.43. The van der Waals surface area contributed by atoms with Crippen molar-refractivity contribution in [1.29, 1.82) is 0 Å². The standard InChI is InChI=1S/C20H28N2O5/c1-14-6-7-15(2)18(11-14)27-13-19(24)21-9-4-5-17(8-10-21)22(16(3)23)12-20(25)26/h6-7,11,17H,4-5,8-10,12-13H2,1-3H3,(H,25,26). The van der Waals surface area contributed by atoms with Gasteiger partial charge in [-0.1, -0.05) is 12.1 Å². The molecule has 0 bridgehead atoms. The summed E-state index contributed by atoms with van der Waals surface area (Å²) in [5, 5.41) is 9.02. The van der Waals surface area contributed by atoms with Crippen LogP contribution in [-0.2, 0) is 14.4 Å². The summed E-state index contributed by atoms with van der Waals surface area (Å²) in [6, 6.07) is 5.72. The second kappa shape index (κ2) is 9.39. The van der Waals surface area contributed by atoms with E-state index >= 15 is 0 Å². The van der Waals surface area contributed by atoms with E-state index in [0.717, 1.165) is 17.5 Å². The zero-order valence-corrected chi connectivity index (χ0v) is 16.2. The van der Waals surface area contributed by atoms with Crippen LogP contribution in [0.5, 0.6) is 5.75 Å². The molecule has 1 aliphatic rings. The minimum absolute atomic E-state index is 0.0273. The lowest BCUT2D eigenvalue weighted by atomic mass is 10.1. The van der Waals surface area contributed by atoms with E-state index in [2.05, 4.69) is 0 Å². The van der Waals surface area contributed by atoms with Gasteiger partial charge in [0, 0.05) is 26.1 Å². The van der Waals surface area contributed by atoms with E-state index in [9.17, 15) is 14.4 Å². The van der Waals surface area contributed by atoms with Crippen LogP contribution in [-0.4, -0.2) is 65.0 Å². The summed E-state index contributed by atoms with van der Waals surface area (Å²) in [5.41, 5.74) is 2.05. The Bertz CT molecular complexity index is 704. The number of carbonyl (C=O) groups is 3. The molecule has 1 atom stereocenters.